The van der Waals surface area contributed by atoms with E-state index >= 15 is 0 Å². The minimum Gasteiger partial charge on any atom is -0.443 e. The van der Waals surface area contributed by atoms with Crippen LogP contribution in [0, 0.1) is 0 Å². The molecule has 0 N–H and O–H groups in total. The molecule has 0 fully saturated rings. The molecule has 0 spiro atoms. The summed E-state index contributed by atoms with van der Waals surface area (Å²) in [6.45, 7) is 10.8. The number of benzene rings is 1. The van der Waals surface area contributed by atoms with Gasteiger partial charge < -0.3 is 4.74 Å². The molecular weight excluding hydrogens is 250 g/mol. The molecule has 110 valence electrons. The van der Waals surface area contributed by atoms with Gasteiger partial charge in [-0.15, -0.1) is 0 Å². The van der Waals surface area contributed by atoms with E-state index in [9.17, 15) is 4.79 Å². The van der Waals surface area contributed by atoms with Crippen LogP contribution in [-0.2, 0) is 11.2 Å². The summed E-state index contributed by atoms with van der Waals surface area (Å²) in [6, 6.07) is 6.41. The first-order valence-electron chi connectivity index (χ1n) is 7.41. The minimum atomic E-state index is -0.452. The highest BCUT2D eigenvalue weighted by molar-refractivity contribution is 5.89. The Kier molecular flexibility index (Phi) is 4.07. The smallest absolute Gasteiger partial charge is 0.414 e. The number of carbonyl (C=O) groups excluding carboxylic acids is 1. The number of carbonyl (C=O) groups is 1. The summed E-state index contributed by atoms with van der Waals surface area (Å²) in [5.41, 5.74) is 3.14. The molecular formula is C17H25NO2. The van der Waals surface area contributed by atoms with Gasteiger partial charge in [0.15, 0.2) is 0 Å². The molecule has 0 aromatic heterocycles. The standard InChI is InChI=1S/C17H25NO2/c1-12(2)13-8-9-15-14(11-13)7-6-10-18(15)16(19)20-17(3,4)5/h8-9,11-12H,6-7,10H2,1-5H3. The molecule has 0 aliphatic carbocycles. The van der Waals surface area contributed by atoms with Gasteiger partial charge in [-0.1, -0.05) is 26.0 Å². The van der Waals surface area contributed by atoms with Crippen molar-refractivity contribution in [3.8, 4) is 0 Å². The van der Waals surface area contributed by atoms with Gasteiger partial charge in [0, 0.05) is 6.54 Å². The first-order chi connectivity index (χ1) is 9.28. The Labute approximate surface area is 121 Å². The van der Waals surface area contributed by atoms with Crippen molar-refractivity contribution in [3.05, 3.63) is 29.3 Å². The molecule has 1 aliphatic rings. The number of aryl methyl sites for hydroxylation is 1. The van der Waals surface area contributed by atoms with Gasteiger partial charge in [0.25, 0.3) is 0 Å². The number of nitrogens with zero attached hydrogens (tertiary/aromatic N) is 1. The fourth-order valence-corrected chi connectivity index (χ4v) is 2.48. The lowest BCUT2D eigenvalue weighted by Crippen LogP contribution is -2.39. The highest BCUT2D eigenvalue weighted by Crippen LogP contribution is 2.31. The summed E-state index contributed by atoms with van der Waals surface area (Å²) in [4.78, 5) is 14.1. The van der Waals surface area contributed by atoms with Gasteiger partial charge in [-0.2, -0.15) is 0 Å². The van der Waals surface area contributed by atoms with Crippen molar-refractivity contribution in [1.82, 2.24) is 0 Å². The molecule has 3 heteroatoms. The van der Waals surface area contributed by atoms with E-state index in [4.69, 9.17) is 4.74 Å². The second-order valence-electron chi connectivity index (χ2n) is 6.78. The lowest BCUT2D eigenvalue weighted by atomic mass is 9.95. The van der Waals surface area contributed by atoms with Gasteiger partial charge in [-0.3, -0.25) is 4.90 Å². The molecule has 2 rings (SSSR count). The van der Waals surface area contributed by atoms with Gasteiger partial charge in [0.2, 0.25) is 0 Å². The molecule has 1 aromatic rings. The third kappa shape index (κ3) is 3.33. The van der Waals surface area contributed by atoms with Crippen LogP contribution in [0.2, 0.25) is 0 Å². The summed E-state index contributed by atoms with van der Waals surface area (Å²) < 4.78 is 5.50. The van der Waals surface area contributed by atoms with Gasteiger partial charge in [-0.05, 0) is 56.7 Å². The molecule has 0 bridgehead atoms. The minimum absolute atomic E-state index is 0.240. The Balaban J connectivity index is 2.27. The van der Waals surface area contributed by atoms with Crippen LogP contribution >= 0.6 is 0 Å². The zero-order valence-electron chi connectivity index (χ0n) is 13.2. The van der Waals surface area contributed by atoms with Crippen molar-refractivity contribution < 1.29 is 9.53 Å². The van der Waals surface area contributed by atoms with Crippen molar-refractivity contribution in [1.29, 1.82) is 0 Å². The number of hydrogen-bond donors (Lipinski definition) is 0. The van der Waals surface area contributed by atoms with Crippen LogP contribution in [0.1, 0.15) is 58.1 Å². The highest BCUT2D eigenvalue weighted by atomic mass is 16.6. The average molecular weight is 275 g/mol. The van der Waals surface area contributed by atoms with E-state index in [0.717, 1.165) is 25.1 Å². The predicted molar refractivity (Wildman–Crippen MR) is 82.4 cm³/mol. The van der Waals surface area contributed by atoms with Crippen LogP contribution in [0.4, 0.5) is 10.5 Å². The fourth-order valence-electron chi connectivity index (χ4n) is 2.48. The monoisotopic (exact) mass is 275 g/mol. The zero-order valence-corrected chi connectivity index (χ0v) is 13.2. The summed E-state index contributed by atoms with van der Waals surface area (Å²) in [7, 11) is 0. The molecule has 0 saturated heterocycles. The second-order valence-corrected chi connectivity index (χ2v) is 6.78. The summed E-state index contributed by atoms with van der Waals surface area (Å²) >= 11 is 0. The maximum absolute atomic E-state index is 12.3. The number of ether oxygens (including phenoxy) is 1. The Bertz CT molecular complexity index is 500. The third-order valence-electron chi connectivity index (χ3n) is 3.50. The number of amides is 1. The maximum Gasteiger partial charge on any atom is 0.414 e. The van der Waals surface area contributed by atoms with Gasteiger partial charge >= 0.3 is 6.09 Å². The van der Waals surface area contributed by atoms with E-state index < -0.39 is 5.60 Å². The lowest BCUT2D eigenvalue weighted by Gasteiger charge is -2.32. The van der Waals surface area contributed by atoms with E-state index in [-0.39, 0.29) is 6.09 Å². The SMILES string of the molecule is CC(C)c1ccc2c(c1)CCCN2C(=O)OC(C)(C)C. The van der Waals surface area contributed by atoms with E-state index in [0.29, 0.717) is 5.92 Å². The second kappa shape index (κ2) is 5.47. The van der Waals surface area contributed by atoms with Crippen molar-refractivity contribution in [2.75, 3.05) is 11.4 Å². The average Bonchev–Trinajstić information content (AvgIpc) is 2.35. The Morgan fingerprint density at radius 2 is 2.00 bits per heavy atom. The van der Waals surface area contributed by atoms with Gasteiger partial charge in [-0.25, -0.2) is 4.79 Å². The van der Waals surface area contributed by atoms with Crippen LogP contribution in [0.25, 0.3) is 0 Å². The van der Waals surface area contributed by atoms with E-state index in [1.165, 1.54) is 11.1 Å². The molecule has 1 amide bonds. The lowest BCUT2D eigenvalue weighted by molar-refractivity contribution is 0.0578. The Morgan fingerprint density at radius 1 is 1.30 bits per heavy atom. The van der Waals surface area contributed by atoms with Crippen molar-refractivity contribution in [2.45, 2.75) is 59.0 Å². The maximum atomic E-state index is 12.3. The Hall–Kier alpha value is -1.51. The van der Waals surface area contributed by atoms with Crippen LogP contribution in [0.3, 0.4) is 0 Å². The molecule has 0 atom stereocenters. The van der Waals surface area contributed by atoms with E-state index in [1.807, 2.05) is 20.8 Å². The Morgan fingerprint density at radius 3 is 2.60 bits per heavy atom. The summed E-state index contributed by atoms with van der Waals surface area (Å²) in [5, 5.41) is 0. The fraction of sp³-hybridized carbons (Fsp3) is 0.588. The normalized spacial score (nSPS) is 15.2. The van der Waals surface area contributed by atoms with Crippen LogP contribution in [-0.4, -0.2) is 18.2 Å². The molecule has 1 heterocycles. The van der Waals surface area contributed by atoms with E-state index in [2.05, 4.69) is 32.0 Å². The van der Waals surface area contributed by atoms with Crippen molar-refractivity contribution in [3.63, 3.8) is 0 Å². The first kappa shape index (κ1) is 14.9. The topological polar surface area (TPSA) is 29.5 Å². The van der Waals surface area contributed by atoms with Crippen molar-refractivity contribution >= 4 is 11.8 Å². The van der Waals surface area contributed by atoms with Crippen LogP contribution in [0.5, 0.6) is 0 Å². The predicted octanol–water partition coefficient (Wildman–Crippen LogP) is 4.50. The number of hydrogen-bond acceptors (Lipinski definition) is 2. The van der Waals surface area contributed by atoms with Crippen LogP contribution in [0.15, 0.2) is 18.2 Å². The molecule has 3 nitrogen and oxygen atoms in total. The molecule has 0 radical (unpaired) electrons. The molecule has 0 unspecified atom stereocenters. The number of anilines is 1. The molecule has 1 aliphatic heterocycles. The quantitative estimate of drug-likeness (QED) is 0.755. The molecule has 0 saturated carbocycles. The number of rotatable bonds is 1. The van der Waals surface area contributed by atoms with Gasteiger partial charge in [0.1, 0.15) is 5.60 Å². The van der Waals surface area contributed by atoms with Gasteiger partial charge in [0.05, 0.1) is 5.69 Å². The first-order valence-corrected chi connectivity index (χ1v) is 7.41. The number of fused-ring (bicyclic) bond motifs is 1. The summed E-state index contributed by atoms with van der Waals surface area (Å²) in [6.07, 6.45) is 1.79. The summed E-state index contributed by atoms with van der Waals surface area (Å²) in [5.74, 6) is 0.511. The highest BCUT2D eigenvalue weighted by Gasteiger charge is 2.27. The molecule has 1 aromatic carbocycles. The largest absolute Gasteiger partial charge is 0.443 e. The molecule has 20 heavy (non-hydrogen) atoms. The third-order valence-corrected chi connectivity index (χ3v) is 3.50. The van der Waals surface area contributed by atoms with E-state index in [1.54, 1.807) is 4.90 Å². The van der Waals surface area contributed by atoms with Crippen molar-refractivity contribution in [2.24, 2.45) is 0 Å². The van der Waals surface area contributed by atoms with Crippen LogP contribution < -0.4 is 4.90 Å². The zero-order chi connectivity index (χ0) is 14.9.